The van der Waals surface area contributed by atoms with Crippen molar-refractivity contribution in [1.82, 2.24) is 4.98 Å². The van der Waals surface area contributed by atoms with Crippen LogP contribution in [0.4, 0.5) is 11.5 Å². The van der Waals surface area contributed by atoms with Crippen LogP contribution in [0.5, 0.6) is 0 Å². The fraction of sp³-hybridized carbons (Fsp3) is 0.250. The molecular weight excluding hydrogens is 330 g/mol. The van der Waals surface area contributed by atoms with Gasteiger partial charge in [-0.05, 0) is 39.0 Å². The SMILES string of the molecule is CC(C)(C)c1ccccc1NC(=O)c1cc(Br)cnc1N. The number of benzene rings is 1. The Morgan fingerprint density at radius 1 is 1.29 bits per heavy atom. The van der Waals surface area contributed by atoms with Crippen molar-refractivity contribution in [3.05, 3.63) is 52.1 Å². The molecule has 1 aromatic carbocycles. The molecule has 110 valence electrons. The molecule has 2 rings (SSSR count). The normalized spacial score (nSPS) is 11.2. The molecule has 0 atom stereocenters. The predicted molar refractivity (Wildman–Crippen MR) is 89.4 cm³/mol. The third-order valence-electron chi connectivity index (χ3n) is 3.11. The standard InChI is InChI=1S/C16H18BrN3O/c1-16(2,3)12-6-4-5-7-13(12)20-15(21)11-8-10(17)9-19-14(11)18/h4-9H,1-3H3,(H2,18,19)(H,20,21). The van der Waals surface area contributed by atoms with E-state index >= 15 is 0 Å². The molecule has 1 aromatic heterocycles. The lowest BCUT2D eigenvalue weighted by molar-refractivity contribution is 0.102. The zero-order valence-corrected chi connectivity index (χ0v) is 13.9. The van der Waals surface area contributed by atoms with Crippen molar-refractivity contribution in [2.45, 2.75) is 26.2 Å². The van der Waals surface area contributed by atoms with Gasteiger partial charge in [0.05, 0.1) is 5.56 Å². The number of hydrogen-bond acceptors (Lipinski definition) is 3. The van der Waals surface area contributed by atoms with Crippen LogP contribution in [0.1, 0.15) is 36.7 Å². The fourth-order valence-corrected chi connectivity index (χ4v) is 2.40. The van der Waals surface area contributed by atoms with Crippen LogP contribution in [0.3, 0.4) is 0 Å². The first kappa shape index (κ1) is 15.5. The Kier molecular flexibility index (Phi) is 4.32. The van der Waals surface area contributed by atoms with E-state index in [1.54, 1.807) is 12.3 Å². The summed E-state index contributed by atoms with van der Waals surface area (Å²) in [4.78, 5) is 16.4. The first-order valence-electron chi connectivity index (χ1n) is 6.61. The summed E-state index contributed by atoms with van der Waals surface area (Å²) in [5.74, 6) is -0.0538. The Labute approximate surface area is 132 Å². The molecule has 1 heterocycles. The number of nitrogens with zero attached hydrogens (tertiary/aromatic N) is 1. The van der Waals surface area contributed by atoms with Crippen LogP contribution in [-0.2, 0) is 5.41 Å². The summed E-state index contributed by atoms with van der Waals surface area (Å²) in [6.45, 7) is 6.31. The lowest BCUT2D eigenvalue weighted by Gasteiger charge is -2.23. The Bertz CT molecular complexity index is 677. The first-order chi connectivity index (χ1) is 9.79. The molecule has 0 aliphatic rings. The van der Waals surface area contributed by atoms with Crippen molar-refractivity contribution in [1.29, 1.82) is 0 Å². The van der Waals surface area contributed by atoms with Crippen LogP contribution in [0.2, 0.25) is 0 Å². The minimum absolute atomic E-state index is 0.0645. The van der Waals surface area contributed by atoms with Crippen LogP contribution < -0.4 is 11.1 Å². The van der Waals surface area contributed by atoms with Gasteiger partial charge in [-0.1, -0.05) is 39.0 Å². The van der Waals surface area contributed by atoms with Crippen molar-refractivity contribution in [2.75, 3.05) is 11.1 Å². The minimum Gasteiger partial charge on any atom is -0.383 e. The van der Waals surface area contributed by atoms with Crippen LogP contribution in [0.15, 0.2) is 41.0 Å². The molecule has 2 aromatic rings. The monoisotopic (exact) mass is 347 g/mol. The smallest absolute Gasteiger partial charge is 0.259 e. The largest absolute Gasteiger partial charge is 0.383 e. The van der Waals surface area contributed by atoms with Crippen molar-refractivity contribution < 1.29 is 4.79 Å². The highest BCUT2D eigenvalue weighted by Crippen LogP contribution is 2.29. The third kappa shape index (κ3) is 3.61. The summed E-state index contributed by atoms with van der Waals surface area (Å²) in [5, 5.41) is 2.92. The molecule has 0 fully saturated rings. The number of anilines is 2. The molecule has 1 amide bonds. The van der Waals surface area contributed by atoms with E-state index in [2.05, 4.69) is 47.0 Å². The van der Waals surface area contributed by atoms with E-state index in [0.717, 1.165) is 11.3 Å². The Balaban J connectivity index is 2.35. The number of nitrogens with one attached hydrogen (secondary N) is 1. The van der Waals surface area contributed by atoms with Crippen LogP contribution in [-0.4, -0.2) is 10.9 Å². The number of carbonyl (C=O) groups is 1. The summed E-state index contributed by atoms with van der Waals surface area (Å²) < 4.78 is 0.714. The second kappa shape index (κ2) is 5.85. The summed E-state index contributed by atoms with van der Waals surface area (Å²) in [6.07, 6.45) is 1.56. The van der Waals surface area contributed by atoms with Gasteiger partial charge in [0.15, 0.2) is 0 Å². The number of aromatic nitrogens is 1. The van der Waals surface area contributed by atoms with E-state index in [1.807, 2.05) is 24.3 Å². The summed E-state index contributed by atoms with van der Waals surface area (Å²) in [5.41, 5.74) is 7.92. The lowest BCUT2D eigenvalue weighted by Crippen LogP contribution is -2.19. The maximum absolute atomic E-state index is 12.4. The number of hydrogen-bond donors (Lipinski definition) is 2. The zero-order valence-electron chi connectivity index (χ0n) is 12.3. The number of rotatable bonds is 2. The van der Waals surface area contributed by atoms with Gasteiger partial charge >= 0.3 is 0 Å². The van der Waals surface area contributed by atoms with Gasteiger partial charge < -0.3 is 11.1 Å². The topological polar surface area (TPSA) is 68.0 Å². The van der Waals surface area contributed by atoms with Gasteiger partial charge in [-0.25, -0.2) is 4.98 Å². The molecule has 0 saturated heterocycles. The molecule has 0 spiro atoms. The summed E-state index contributed by atoms with van der Waals surface area (Å²) in [7, 11) is 0. The maximum Gasteiger partial charge on any atom is 0.259 e. The van der Waals surface area contributed by atoms with Crippen LogP contribution in [0.25, 0.3) is 0 Å². The molecule has 0 unspecified atom stereocenters. The molecule has 5 heteroatoms. The van der Waals surface area contributed by atoms with E-state index in [1.165, 1.54) is 0 Å². The van der Waals surface area contributed by atoms with E-state index < -0.39 is 0 Å². The maximum atomic E-state index is 12.4. The molecule has 0 bridgehead atoms. The van der Waals surface area contributed by atoms with Gasteiger partial charge in [-0.2, -0.15) is 0 Å². The van der Waals surface area contributed by atoms with Crippen molar-refractivity contribution in [3.63, 3.8) is 0 Å². The molecule has 0 radical (unpaired) electrons. The van der Waals surface area contributed by atoms with Crippen molar-refractivity contribution in [2.24, 2.45) is 0 Å². The quantitative estimate of drug-likeness (QED) is 0.863. The molecule has 21 heavy (non-hydrogen) atoms. The molecule has 0 aliphatic heterocycles. The Morgan fingerprint density at radius 2 is 1.95 bits per heavy atom. The number of carbonyl (C=O) groups excluding carboxylic acids is 1. The van der Waals surface area contributed by atoms with Gasteiger partial charge in [-0.3, -0.25) is 4.79 Å². The van der Waals surface area contributed by atoms with E-state index in [-0.39, 0.29) is 17.1 Å². The fourth-order valence-electron chi connectivity index (χ4n) is 2.07. The Morgan fingerprint density at radius 3 is 2.62 bits per heavy atom. The van der Waals surface area contributed by atoms with E-state index in [0.29, 0.717) is 10.0 Å². The highest BCUT2D eigenvalue weighted by atomic mass is 79.9. The average molecular weight is 348 g/mol. The number of pyridine rings is 1. The van der Waals surface area contributed by atoms with Crippen LogP contribution in [0, 0.1) is 0 Å². The number of nitrogens with two attached hydrogens (primary N) is 1. The van der Waals surface area contributed by atoms with Gasteiger partial charge in [0, 0.05) is 16.4 Å². The number of para-hydroxylation sites is 1. The number of nitrogen functional groups attached to an aromatic ring is 1. The first-order valence-corrected chi connectivity index (χ1v) is 7.40. The molecule has 0 saturated carbocycles. The molecular formula is C16H18BrN3O. The second-order valence-electron chi connectivity index (χ2n) is 5.84. The van der Waals surface area contributed by atoms with Gasteiger partial charge in [0.25, 0.3) is 5.91 Å². The molecule has 0 aliphatic carbocycles. The molecule has 3 N–H and O–H groups in total. The third-order valence-corrected chi connectivity index (χ3v) is 3.55. The number of halogens is 1. The highest BCUT2D eigenvalue weighted by Gasteiger charge is 2.20. The van der Waals surface area contributed by atoms with E-state index in [9.17, 15) is 4.79 Å². The highest BCUT2D eigenvalue weighted by molar-refractivity contribution is 9.10. The van der Waals surface area contributed by atoms with Gasteiger partial charge in [0.2, 0.25) is 0 Å². The average Bonchev–Trinajstić information content (AvgIpc) is 2.41. The minimum atomic E-state index is -0.266. The Hall–Kier alpha value is -1.88. The van der Waals surface area contributed by atoms with Crippen molar-refractivity contribution >= 4 is 33.3 Å². The van der Waals surface area contributed by atoms with Crippen LogP contribution >= 0.6 is 15.9 Å². The van der Waals surface area contributed by atoms with E-state index in [4.69, 9.17) is 5.73 Å². The molecule has 4 nitrogen and oxygen atoms in total. The summed E-state index contributed by atoms with van der Waals surface area (Å²) in [6, 6.07) is 9.42. The number of amides is 1. The van der Waals surface area contributed by atoms with Gasteiger partial charge in [0.1, 0.15) is 5.82 Å². The summed E-state index contributed by atoms with van der Waals surface area (Å²) >= 11 is 3.30. The predicted octanol–water partition coefficient (Wildman–Crippen LogP) is 3.98. The zero-order chi connectivity index (χ0) is 15.6. The lowest BCUT2D eigenvalue weighted by atomic mass is 9.86. The second-order valence-corrected chi connectivity index (χ2v) is 6.75. The van der Waals surface area contributed by atoms with Gasteiger partial charge in [-0.15, -0.1) is 0 Å². The van der Waals surface area contributed by atoms with Crippen molar-refractivity contribution in [3.8, 4) is 0 Å².